The van der Waals surface area contributed by atoms with E-state index in [4.69, 9.17) is 10.7 Å². The summed E-state index contributed by atoms with van der Waals surface area (Å²) in [5.41, 5.74) is 11.9. The van der Waals surface area contributed by atoms with Gasteiger partial charge in [-0.25, -0.2) is 9.97 Å². The Labute approximate surface area is 170 Å². The summed E-state index contributed by atoms with van der Waals surface area (Å²) >= 11 is 0. The number of fused-ring (bicyclic) bond motifs is 1. The van der Waals surface area contributed by atoms with Crippen LogP contribution in [0, 0.1) is 0 Å². The van der Waals surface area contributed by atoms with Crippen molar-refractivity contribution in [1.82, 2.24) is 4.98 Å². The Balaban J connectivity index is 1.96. The highest BCUT2D eigenvalue weighted by atomic mass is 16.3. The molecule has 0 saturated carbocycles. The first kappa shape index (κ1) is 19.1. The van der Waals surface area contributed by atoms with E-state index in [1.807, 2.05) is 42.4 Å². The first-order valence-corrected chi connectivity index (χ1v) is 9.73. The van der Waals surface area contributed by atoms with Gasteiger partial charge in [0.15, 0.2) is 0 Å². The normalized spacial score (nSPS) is 11.0. The van der Waals surface area contributed by atoms with E-state index < -0.39 is 0 Å². The van der Waals surface area contributed by atoms with Gasteiger partial charge >= 0.3 is 0 Å². The molecule has 0 spiro atoms. The fraction of sp³-hybridized carbons (Fsp3) is 0.167. The number of likely N-dealkylation sites (N-methyl/N-ethyl adjacent to an activating group) is 1. The van der Waals surface area contributed by atoms with Crippen LogP contribution in [0.3, 0.4) is 0 Å². The number of pyridine rings is 2. The summed E-state index contributed by atoms with van der Waals surface area (Å²) in [5, 5.41) is 10.4. The third-order valence-corrected chi connectivity index (χ3v) is 5.13. The monoisotopic (exact) mass is 385 g/mol. The molecule has 0 unspecified atom stereocenters. The molecule has 0 atom stereocenters. The Morgan fingerprint density at radius 1 is 1.00 bits per heavy atom. The highest BCUT2D eigenvalue weighted by Gasteiger charge is 2.19. The van der Waals surface area contributed by atoms with Crippen LogP contribution < -0.4 is 15.6 Å². The van der Waals surface area contributed by atoms with Crippen LogP contribution in [-0.4, -0.2) is 30.3 Å². The van der Waals surface area contributed by atoms with Crippen molar-refractivity contribution in [3.63, 3.8) is 0 Å². The number of aromatic amines is 1. The molecule has 4 aromatic rings. The fourth-order valence-electron chi connectivity index (χ4n) is 3.56. The number of rotatable bonds is 6. The van der Waals surface area contributed by atoms with Crippen molar-refractivity contribution in [2.45, 2.75) is 6.54 Å². The second kappa shape index (κ2) is 8.39. The average molecular weight is 385 g/mol. The number of aliphatic hydroxyl groups excluding tert-OH is 1. The third-order valence-electron chi connectivity index (χ3n) is 5.13. The van der Waals surface area contributed by atoms with Crippen LogP contribution in [0.25, 0.3) is 33.3 Å². The first-order chi connectivity index (χ1) is 14.2. The fourth-order valence-corrected chi connectivity index (χ4v) is 3.56. The number of anilines is 1. The molecule has 5 nitrogen and oxygen atoms in total. The zero-order valence-electron chi connectivity index (χ0n) is 16.5. The number of benzene rings is 2. The van der Waals surface area contributed by atoms with E-state index in [0.717, 1.165) is 44.7 Å². The van der Waals surface area contributed by atoms with E-state index in [0.29, 0.717) is 13.1 Å². The number of aromatic nitrogens is 2. The van der Waals surface area contributed by atoms with Gasteiger partial charge in [-0.15, -0.1) is 0 Å². The SMILES string of the molecule is CN(CCO)c1[nH+]ccc2nc(-c3ccc(CN)cc3)c(-c3ccccc3)cc12. The number of H-pyrrole nitrogens is 1. The van der Waals surface area contributed by atoms with Gasteiger partial charge < -0.3 is 10.8 Å². The molecule has 2 aromatic carbocycles. The van der Waals surface area contributed by atoms with Crippen molar-refractivity contribution in [1.29, 1.82) is 0 Å². The van der Waals surface area contributed by atoms with Crippen LogP contribution in [0.2, 0.25) is 0 Å². The van der Waals surface area contributed by atoms with Gasteiger partial charge in [-0.2, -0.15) is 0 Å². The van der Waals surface area contributed by atoms with Crippen LogP contribution >= 0.6 is 0 Å². The molecule has 2 heterocycles. The Hall–Kier alpha value is -3.28. The molecule has 0 saturated heterocycles. The quantitative estimate of drug-likeness (QED) is 0.534. The Morgan fingerprint density at radius 3 is 2.45 bits per heavy atom. The van der Waals surface area contributed by atoms with E-state index in [1.165, 1.54) is 0 Å². The summed E-state index contributed by atoms with van der Waals surface area (Å²) in [5.74, 6) is 0.936. The van der Waals surface area contributed by atoms with E-state index in [1.54, 1.807) is 0 Å². The predicted octanol–water partition coefficient (Wildman–Crippen LogP) is 3.27. The molecule has 0 aliphatic carbocycles. The third kappa shape index (κ3) is 3.83. The zero-order valence-corrected chi connectivity index (χ0v) is 16.5. The topological polar surface area (TPSA) is 76.5 Å². The van der Waals surface area contributed by atoms with Gasteiger partial charge in [0.05, 0.1) is 36.4 Å². The van der Waals surface area contributed by atoms with Crippen LogP contribution in [0.15, 0.2) is 72.9 Å². The highest BCUT2D eigenvalue weighted by molar-refractivity contribution is 5.96. The number of nitrogens with one attached hydrogen (secondary N) is 1. The molecular weight excluding hydrogens is 360 g/mol. The van der Waals surface area contributed by atoms with E-state index >= 15 is 0 Å². The van der Waals surface area contributed by atoms with Crippen molar-refractivity contribution < 1.29 is 10.1 Å². The lowest BCUT2D eigenvalue weighted by Crippen LogP contribution is -2.27. The minimum Gasteiger partial charge on any atom is -0.392 e. The number of nitrogens with two attached hydrogens (primary N) is 1. The lowest BCUT2D eigenvalue weighted by atomic mass is 9.97. The van der Waals surface area contributed by atoms with Gasteiger partial charge in [0.1, 0.15) is 6.54 Å². The second-order valence-corrected chi connectivity index (χ2v) is 7.06. The van der Waals surface area contributed by atoms with Gasteiger partial charge in [-0.05, 0) is 17.2 Å². The molecule has 146 valence electrons. The van der Waals surface area contributed by atoms with Crippen LogP contribution in [-0.2, 0) is 6.54 Å². The average Bonchev–Trinajstić information content (AvgIpc) is 2.78. The Morgan fingerprint density at radius 2 is 1.76 bits per heavy atom. The minimum absolute atomic E-state index is 0.0886. The summed E-state index contributed by atoms with van der Waals surface area (Å²) in [6.45, 7) is 1.15. The van der Waals surface area contributed by atoms with Gasteiger partial charge in [0, 0.05) is 23.7 Å². The lowest BCUT2D eigenvalue weighted by Gasteiger charge is -2.15. The summed E-state index contributed by atoms with van der Waals surface area (Å²) in [6, 6.07) is 22.7. The largest absolute Gasteiger partial charge is 0.392 e. The number of aliphatic hydroxyl groups is 1. The van der Waals surface area contributed by atoms with E-state index in [-0.39, 0.29) is 6.61 Å². The number of hydrogen-bond acceptors (Lipinski definition) is 4. The van der Waals surface area contributed by atoms with Crippen molar-refractivity contribution in [2.24, 2.45) is 5.73 Å². The van der Waals surface area contributed by atoms with E-state index in [2.05, 4.69) is 47.4 Å². The number of hydrogen-bond donors (Lipinski definition) is 2. The highest BCUT2D eigenvalue weighted by Crippen LogP contribution is 2.35. The van der Waals surface area contributed by atoms with Crippen molar-refractivity contribution >= 4 is 16.7 Å². The molecule has 2 aromatic heterocycles. The molecule has 0 amide bonds. The summed E-state index contributed by atoms with van der Waals surface area (Å²) in [4.78, 5) is 10.4. The first-order valence-electron chi connectivity index (χ1n) is 9.73. The molecule has 29 heavy (non-hydrogen) atoms. The number of nitrogens with zero attached hydrogens (tertiary/aromatic N) is 2. The predicted molar refractivity (Wildman–Crippen MR) is 117 cm³/mol. The van der Waals surface area contributed by atoms with Crippen molar-refractivity contribution in [3.8, 4) is 22.4 Å². The second-order valence-electron chi connectivity index (χ2n) is 7.06. The standard InChI is InChI=1S/C24H24N4O/c1-28(13-14-29)24-21-15-20(18-5-3-2-4-6-18)23(27-22(21)11-12-26-24)19-9-7-17(16-25)8-10-19/h2-12,15,29H,13-14,16,25H2,1H3/p+1. The van der Waals surface area contributed by atoms with Crippen LogP contribution in [0.1, 0.15) is 5.56 Å². The van der Waals surface area contributed by atoms with Gasteiger partial charge in [0.25, 0.3) is 5.82 Å². The van der Waals surface area contributed by atoms with Crippen LogP contribution in [0.4, 0.5) is 5.82 Å². The smallest absolute Gasteiger partial charge is 0.283 e. The van der Waals surface area contributed by atoms with Crippen molar-refractivity contribution in [3.05, 3.63) is 78.5 Å². The Kier molecular flexibility index (Phi) is 5.51. The summed E-state index contributed by atoms with van der Waals surface area (Å²) in [6.07, 6.45) is 1.89. The maximum absolute atomic E-state index is 9.36. The molecule has 0 fully saturated rings. The zero-order chi connectivity index (χ0) is 20.2. The maximum atomic E-state index is 9.36. The van der Waals surface area contributed by atoms with Gasteiger partial charge in [-0.3, -0.25) is 4.90 Å². The van der Waals surface area contributed by atoms with Crippen LogP contribution in [0.5, 0.6) is 0 Å². The lowest BCUT2D eigenvalue weighted by molar-refractivity contribution is -0.362. The molecule has 5 heteroatoms. The van der Waals surface area contributed by atoms with Gasteiger partial charge in [0.2, 0.25) is 0 Å². The van der Waals surface area contributed by atoms with Crippen molar-refractivity contribution in [2.75, 3.05) is 25.1 Å². The summed E-state index contributed by atoms with van der Waals surface area (Å²) in [7, 11) is 1.96. The maximum Gasteiger partial charge on any atom is 0.283 e. The van der Waals surface area contributed by atoms with E-state index in [9.17, 15) is 5.11 Å². The minimum atomic E-state index is 0.0886. The molecular formula is C24H25N4O+. The van der Waals surface area contributed by atoms with Gasteiger partial charge in [-0.1, -0.05) is 54.6 Å². The Bertz CT molecular complexity index is 1110. The molecule has 0 bridgehead atoms. The molecule has 4 N–H and O–H groups in total. The molecule has 4 rings (SSSR count). The molecule has 0 aliphatic rings. The molecule has 0 radical (unpaired) electrons. The molecule has 0 aliphatic heterocycles. The summed E-state index contributed by atoms with van der Waals surface area (Å²) < 4.78 is 0.